The van der Waals surface area contributed by atoms with Crippen molar-refractivity contribution in [1.82, 2.24) is 9.78 Å². The Morgan fingerprint density at radius 1 is 1.05 bits per heavy atom. The zero-order chi connectivity index (χ0) is 13.2. The van der Waals surface area contributed by atoms with Crippen LogP contribution in [-0.4, -0.2) is 9.78 Å². The molecule has 1 heterocycles. The molecule has 3 heteroatoms. The van der Waals surface area contributed by atoms with Gasteiger partial charge >= 0.3 is 0 Å². The number of nitrogens with zero attached hydrogens (tertiary/aromatic N) is 2. The Bertz CT molecular complexity index is 685. The van der Waals surface area contributed by atoms with Crippen LogP contribution in [0.15, 0.2) is 60.9 Å². The molecule has 1 aromatic heterocycles. The summed E-state index contributed by atoms with van der Waals surface area (Å²) < 4.78 is 1.83. The SMILES string of the molecule is Cc1ccc(-c2cc(-n3cccn3)ccc2Cl)cc1. The van der Waals surface area contributed by atoms with Gasteiger partial charge in [-0.1, -0.05) is 41.4 Å². The molecule has 0 N–H and O–H groups in total. The monoisotopic (exact) mass is 268 g/mol. The van der Waals surface area contributed by atoms with Gasteiger partial charge in [-0.3, -0.25) is 0 Å². The van der Waals surface area contributed by atoms with Crippen LogP contribution in [0, 0.1) is 6.92 Å². The Morgan fingerprint density at radius 3 is 2.53 bits per heavy atom. The van der Waals surface area contributed by atoms with E-state index in [2.05, 4.69) is 42.4 Å². The van der Waals surface area contributed by atoms with Crippen LogP contribution in [-0.2, 0) is 0 Å². The summed E-state index contributed by atoms with van der Waals surface area (Å²) in [5.74, 6) is 0. The molecule has 0 saturated carbocycles. The smallest absolute Gasteiger partial charge is 0.0652 e. The molecule has 0 aliphatic rings. The summed E-state index contributed by atoms with van der Waals surface area (Å²) >= 11 is 6.30. The van der Waals surface area contributed by atoms with Gasteiger partial charge in [0.05, 0.1) is 5.69 Å². The van der Waals surface area contributed by atoms with Crippen LogP contribution in [0.5, 0.6) is 0 Å². The van der Waals surface area contributed by atoms with Crippen LogP contribution >= 0.6 is 11.6 Å². The molecular weight excluding hydrogens is 256 g/mol. The van der Waals surface area contributed by atoms with E-state index in [1.807, 2.05) is 29.1 Å². The van der Waals surface area contributed by atoms with Gasteiger partial charge in [-0.05, 0) is 36.8 Å². The first kappa shape index (κ1) is 12.0. The Morgan fingerprint density at radius 2 is 1.84 bits per heavy atom. The van der Waals surface area contributed by atoms with E-state index in [1.165, 1.54) is 5.56 Å². The Labute approximate surface area is 117 Å². The second kappa shape index (κ2) is 4.90. The van der Waals surface area contributed by atoms with Crippen LogP contribution < -0.4 is 0 Å². The Balaban J connectivity index is 2.10. The van der Waals surface area contributed by atoms with Crippen molar-refractivity contribution < 1.29 is 0 Å². The first-order valence-electron chi connectivity index (χ1n) is 6.11. The number of halogens is 1. The van der Waals surface area contributed by atoms with Gasteiger partial charge in [0.25, 0.3) is 0 Å². The normalized spacial score (nSPS) is 10.6. The van der Waals surface area contributed by atoms with Crippen molar-refractivity contribution in [2.24, 2.45) is 0 Å². The average Bonchev–Trinajstić information content (AvgIpc) is 2.94. The maximum Gasteiger partial charge on any atom is 0.0652 e. The zero-order valence-corrected chi connectivity index (χ0v) is 11.3. The molecule has 94 valence electrons. The summed E-state index contributed by atoms with van der Waals surface area (Å²) in [6, 6.07) is 16.2. The molecule has 2 aromatic carbocycles. The topological polar surface area (TPSA) is 17.8 Å². The van der Waals surface area contributed by atoms with Gasteiger partial charge in [0.1, 0.15) is 0 Å². The minimum absolute atomic E-state index is 0.750. The molecule has 2 nitrogen and oxygen atoms in total. The fourth-order valence-corrected chi connectivity index (χ4v) is 2.26. The summed E-state index contributed by atoms with van der Waals surface area (Å²) in [6.45, 7) is 2.07. The lowest BCUT2D eigenvalue weighted by molar-refractivity contribution is 0.881. The maximum absolute atomic E-state index is 6.30. The van der Waals surface area contributed by atoms with Crippen LogP contribution in [0.4, 0.5) is 0 Å². The van der Waals surface area contributed by atoms with Crippen molar-refractivity contribution in [3.63, 3.8) is 0 Å². The molecule has 0 bridgehead atoms. The van der Waals surface area contributed by atoms with Crippen LogP contribution in [0.25, 0.3) is 16.8 Å². The molecule has 3 aromatic rings. The van der Waals surface area contributed by atoms with Crippen molar-refractivity contribution in [2.75, 3.05) is 0 Å². The fourth-order valence-electron chi connectivity index (χ4n) is 2.03. The van der Waals surface area contributed by atoms with Gasteiger partial charge in [-0.2, -0.15) is 5.10 Å². The van der Waals surface area contributed by atoms with E-state index in [4.69, 9.17) is 11.6 Å². The third-order valence-electron chi connectivity index (χ3n) is 3.08. The summed E-state index contributed by atoms with van der Waals surface area (Å²) in [5, 5.41) is 4.99. The van der Waals surface area contributed by atoms with Gasteiger partial charge in [0, 0.05) is 23.0 Å². The third-order valence-corrected chi connectivity index (χ3v) is 3.41. The highest BCUT2D eigenvalue weighted by atomic mass is 35.5. The van der Waals surface area contributed by atoms with E-state index in [-0.39, 0.29) is 0 Å². The van der Waals surface area contributed by atoms with Crippen molar-refractivity contribution in [2.45, 2.75) is 6.92 Å². The predicted molar refractivity (Wildman–Crippen MR) is 78.7 cm³/mol. The Hall–Kier alpha value is -2.06. The van der Waals surface area contributed by atoms with E-state index in [1.54, 1.807) is 6.20 Å². The largest absolute Gasteiger partial charge is 0.241 e. The highest BCUT2D eigenvalue weighted by molar-refractivity contribution is 6.33. The maximum atomic E-state index is 6.30. The molecule has 0 atom stereocenters. The molecule has 0 spiro atoms. The first-order chi connectivity index (χ1) is 9.24. The molecular formula is C16H13ClN2. The molecule has 0 fully saturated rings. The van der Waals surface area contributed by atoms with E-state index >= 15 is 0 Å². The molecule has 0 aliphatic heterocycles. The molecule has 0 radical (unpaired) electrons. The summed E-state index contributed by atoms with van der Waals surface area (Å²) in [5.41, 5.74) is 4.38. The number of aryl methyl sites for hydroxylation is 1. The van der Waals surface area contributed by atoms with E-state index in [0.717, 1.165) is 21.8 Å². The summed E-state index contributed by atoms with van der Waals surface area (Å²) in [6.07, 6.45) is 3.68. The van der Waals surface area contributed by atoms with Crippen LogP contribution in [0.3, 0.4) is 0 Å². The third kappa shape index (κ3) is 2.40. The van der Waals surface area contributed by atoms with Crippen molar-refractivity contribution in [1.29, 1.82) is 0 Å². The zero-order valence-electron chi connectivity index (χ0n) is 10.5. The van der Waals surface area contributed by atoms with Crippen molar-refractivity contribution in [3.8, 4) is 16.8 Å². The molecule has 0 unspecified atom stereocenters. The number of benzene rings is 2. The first-order valence-corrected chi connectivity index (χ1v) is 6.48. The second-order valence-electron chi connectivity index (χ2n) is 4.48. The summed E-state index contributed by atoms with van der Waals surface area (Å²) in [4.78, 5) is 0. The minimum atomic E-state index is 0.750. The number of hydrogen-bond acceptors (Lipinski definition) is 1. The molecule has 3 rings (SSSR count). The molecule has 19 heavy (non-hydrogen) atoms. The van der Waals surface area contributed by atoms with Gasteiger partial charge in [-0.25, -0.2) is 4.68 Å². The molecule has 0 aliphatic carbocycles. The van der Waals surface area contributed by atoms with Gasteiger partial charge < -0.3 is 0 Å². The lowest BCUT2D eigenvalue weighted by Gasteiger charge is -2.08. The van der Waals surface area contributed by atoms with Crippen molar-refractivity contribution in [3.05, 3.63) is 71.5 Å². The fraction of sp³-hybridized carbons (Fsp3) is 0.0625. The van der Waals surface area contributed by atoms with E-state index < -0.39 is 0 Å². The number of hydrogen-bond donors (Lipinski definition) is 0. The highest BCUT2D eigenvalue weighted by Crippen LogP contribution is 2.30. The van der Waals surface area contributed by atoms with Gasteiger partial charge in [0.2, 0.25) is 0 Å². The van der Waals surface area contributed by atoms with E-state index in [9.17, 15) is 0 Å². The summed E-state index contributed by atoms with van der Waals surface area (Å²) in [7, 11) is 0. The molecule has 0 amide bonds. The van der Waals surface area contributed by atoms with Crippen LogP contribution in [0.2, 0.25) is 5.02 Å². The quantitative estimate of drug-likeness (QED) is 0.669. The van der Waals surface area contributed by atoms with Gasteiger partial charge in [-0.15, -0.1) is 0 Å². The van der Waals surface area contributed by atoms with Crippen LogP contribution in [0.1, 0.15) is 5.56 Å². The highest BCUT2D eigenvalue weighted by Gasteiger charge is 2.06. The second-order valence-corrected chi connectivity index (χ2v) is 4.89. The van der Waals surface area contributed by atoms with Gasteiger partial charge in [0.15, 0.2) is 0 Å². The lowest BCUT2D eigenvalue weighted by Crippen LogP contribution is -1.94. The molecule has 0 saturated heterocycles. The minimum Gasteiger partial charge on any atom is -0.241 e. The standard InChI is InChI=1S/C16H13ClN2/c1-12-3-5-13(6-4-12)15-11-14(7-8-16(15)17)19-10-2-9-18-19/h2-11H,1H3. The predicted octanol–water partition coefficient (Wildman–Crippen LogP) is 4.50. The average molecular weight is 269 g/mol. The number of aromatic nitrogens is 2. The lowest BCUT2D eigenvalue weighted by atomic mass is 10.0. The van der Waals surface area contributed by atoms with E-state index in [0.29, 0.717) is 0 Å². The number of rotatable bonds is 2. The Kier molecular flexibility index (Phi) is 3.10. The van der Waals surface area contributed by atoms with Crippen molar-refractivity contribution >= 4 is 11.6 Å².